The van der Waals surface area contributed by atoms with Crippen molar-refractivity contribution in [3.8, 4) is 11.5 Å². The molecule has 1 aliphatic heterocycles. The van der Waals surface area contributed by atoms with Crippen LogP contribution >= 0.6 is 0 Å². The second-order valence-electron chi connectivity index (χ2n) is 4.03. The Morgan fingerprint density at radius 2 is 2.12 bits per heavy atom. The van der Waals surface area contributed by atoms with E-state index in [2.05, 4.69) is 18.3 Å². The molecule has 0 amide bonds. The van der Waals surface area contributed by atoms with E-state index < -0.39 is 0 Å². The lowest BCUT2D eigenvalue weighted by atomic mass is 9.92. The smallest absolute Gasteiger partial charge is 0.164 e. The SMILES string of the molecule is CCC1NCCc2c1ccc(OC)c2OC. The molecular formula is C13H19NO2. The normalized spacial score (nSPS) is 19.1. The van der Waals surface area contributed by atoms with Crippen molar-refractivity contribution in [2.45, 2.75) is 25.8 Å². The highest BCUT2D eigenvalue weighted by atomic mass is 16.5. The van der Waals surface area contributed by atoms with Gasteiger partial charge < -0.3 is 14.8 Å². The maximum absolute atomic E-state index is 5.47. The molecule has 0 radical (unpaired) electrons. The molecule has 0 bridgehead atoms. The molecule has 1 aliphatic rings. The van der Waals surface area contributed by atoms with Crippen LogP contribution in [-0.2, 0) is 6.42 Å². The number of hydrogen-bond donors (Lipinski definition) is 1. The van der Waals surface area contributed by atoms with Crippen molar-refractivity contribution in [1.29, 1.82) is 0 Å². The number of rotatable bonds is 3. The summed E-state index contributed by atoms with van der Waals surface area (Å²) in [6.45, 7) is 3.21. The Bertz CT molecular complexity index is 376. The van der Waals surface area contributed by atoms with Crippen LogP contribution in [0.15, 0.2) is 12.1 Å². The van der Waals surface area contributed by atoms with E-state index >= 15 is 0 Å². The van der Waals surface area contributed by atoms with Gasteiger partial charge in [-0.2, -0.15) is 0 Å². The van der Waals surface area contributed by atoms with Crippen molar-refractivity contribution >= 4 is 0 Å². The third kappa shape index (κ3) is 1.76. The molecule has 3 nitrogen and oxygen atoms in total. The number of methoxy groups -OCH3 is 2. The van der Waals surface area contributed by atoms with Crippen LogP contribution in [0.4, 0.5) is 0 Å². The summed E-state index contributed by atoms with van der Waals surface area (Å²) >= 11 is 0. The van der Waals surface area contributed by atoms with E-state index in [0.29, 0.717) is 6.04 Å². The van der Waals surface area contributed by atoms with Crippen molar-refractivity contribution in [2.24, 2.45) is 0 Å². The Labute approximate surface area is 96.8 Å². The molecule has 0 aromatic heterocycles. The summed E-state index contributed by atoms with van der Waals surface area (Å²) in [6, 6.07) is 4.59. The third-order valence-corrected chi connectivity index (χ3v) is 3.23. The quantitative estimate of drug-likeness (QED) is 0.849. The van der Waals surface area contributed by atoms with E-state index in [-0.39, 0.29) is 0 Å². The average molecular weight is 221 g/mol. The van der Waals surface area contributed by atoms with Crippen LogP contribution in [0.3, 0.4) is 0 Å². The van der Waals surface area contributed by atoms with Gasteiger partial charge in [0, 0.05) is 11.6 Å². The molecule has 0 saturated carbocycles. The molecule has 1 heterocycles. The van der Waals surface area contributed by atoms with Gasteiger partial charge in [-0.1, -0.05) is 13.0 Å². The second kappa shape index (κ2) is 4.74. The van der Waals surface area contributed by atoms with Crippen molar-refractivity contribution in [3.05, 3.63) is 23.3 Å². The molecule has 2 rings (SSSR count). The maximum atomic E-state index is 5.47. The number of benzene rings is 1. The largest absolute Gasteiger partial charge is 0.493 e. The van der Waals surface area contributed by atoms with Gasteiger partial charge in [0.2, 0.25) is 0 Å². The van der Waals surface area contributed by atoms with Crippen LogP contribution in [0.25, 0.3) is 0 Å². The standard InChI is InChI=1S/C13H19NO2/c1-4-11-9-5-6-12(15-2)13(16-3)10(9)7-8-14-11/h5-6,11,14H,4,7-8H2,1-3H3. The number of nitrogens with one attached hydrogen (secondary N) is 1. The Balaban J connectivity index is 2.50. The van der Waals surface area contributed by atoms with Gasteiger partial charge in [-0.05, 0) is 31.0 Å². The molecule has 3 heteroatoms. The van der Waals surface area contributed by atoms with Gasteiger partial charge in [0.25, 0.3) is 0 Å². The summed E-state index contributed by atoms with van der Waals surface area (Å²) in [5, 5.41) is 3.52. The van der Waals surface area contributed by atoms with Crippen LogP contribution in [0.2, 0.25) is 0 Å². The number of fused-ring (bicyclic) bond motifs is 1. The lowest BCUT2D eigenvalue weighted by Gasteiger charge is -2.28. The lowest BCUT2D eigenvalue weighted by Crippen LogP contribution is -2.29. The first-order chi connectivity index (χ1) is 7.81. The Morgan fingerprint density at radius 3 is 2.75 bits per heavy atom. The molecule has 0 aliphatic carbocycles. The molecule has 88 valence electrons. The third-order valence-electron chi connectivity index (χ3n) is 3.23. The number of ether oxygens (including phenoxy) is 2. The molecule has 1 unspecified atom stereocenters. The molecule has 1 atom stereocenters. The molecule has 0 spiro atoms. The highest BCUT2D eigenvalue weighted by molar-refractivity contribution is 5.52. The Hall–Kier alpha value is -1.22. The highest BCUT2D eigenvalue weighted by Crippen LogP contribution is 2.38. The van der Waals surface area contributed by atoms with Gasteiger partial charge in [-0.25, -0.2) is 0 Å². The van der Waals surface area contributed by atoms with Crippen molar-refractivity contribution in [1.82, 2.24) is 5.32 Å². The van der Waals surface area contributed by atoms with Crippen LogP contribution in [0, 0.1) is 0 Å². The summed E-state index contributed by atoms with van der Waals surface area (Å²) in [6.07, 6.45) is 2.11. The van der Waals surface area contributed by atoms with Gasteiger partial charge in [0.1, 0.15) is 0 Å². The zero-order chi connectivity index (χ0) is 11.5. The minimum absolute atomic E-state index is 0.448. The van der Waals surface area contributed by atoms with Gasteiger partial charge in [0.05, 0.1) is 14.2 Å². The minimum Gasteiger partial charge on any atom is -0.493 e. The van der Waals surface area contributed by atoms with E-state index in [9.17, 15) is 0 Å². The van der Waals surface area contributed by atoms with Gasteiger partial charge in [-0.15, -0.1) is 0 Å². The van der Waals surface area contributed by atoms with Gasteiger partial charge in [-0.3, -0.25) is 0 Å². The Kier molecular flexibility index (Phi) is 3.34. The predicted octanol–water partition coefficient (Wildman–Crippen LogP) is 2.30. The fourth-order valence-corrected chi connectivity index (χ4v) is 2.44. The molecule has 1 aromatic carbocycles. The lowest BCUT2D eigenvalue weighted by molar-refractivity contribution is 0.346. The molecule has 1 aromatic rings. The van der Waals surface area contributed by atoms with Gasteiger partial charge in [0.15, 0.2) is 11.5 Å². The van der Waals surface area contributed by atoms with Gasteiger partial charge >= 0.3 is 0 Å². The van der Waals surface area contributed by atoms with E-state index in [4.69, 9.17) is 9.47 Å². The topological polar surface area (TPSA) is 30.5 Å². The van der Waals surface area contributed by atoms with Crippen molar-refractivity contribution in [3.63, 3.8) is 0 Å². The fraction of sp³-hybridized carbons (Fsp3) is 0.538. The van der Waals surface area contributed by atoms with E-state index in [0.717, 1.165) is 30.9 Å². The fourth-order valence-electron chi connectivity index (χ4n) is 2.44. The number of hydrogen-bond acceptors (Lipinski definition) is 3. The van der Waals surface area contributed by atoms with E-state index in [1.165, 1.54) is 11.1 Å². The first-order valence-electron chi connectivity index (χ1n) is 5.79. The van der Waals surface area contributed by atoms with Crippen LogP contribution in [0.5, 0.6) is 11.5 Å². The minimum atomic E-state index is 0.448. The van der Waals surface area contributed by atoms with E-state index in [1.54, 1.807) is 14.2 Å². The molecule has 0 fully saturated rings. The predicted molar refractivity (Wildman–Crippen MR) is 64.3 cm³/mol. The average Bonchev–Trinajstić information content (AvgIpc) is 2.36. The monoisotopic (exact) mass is 221 g/mol. The molecule has 0 saturated heterocycles. The summed E-state index contributed by atoms with van der Waals surface area (Å²) in [5.41, 5.74) is 2.65. The summed E-state index contributed by atoms with van der Waals surface area (Å²) in [5.74, 6) is 1.73. The van der Waals surface area contributed by atoms with Crippen LogP contribution in [0.1, 0.15) is 30.5 Å². The molecule has 1 N–H and O–H groups in total. The van der Waals surface area contributed by atoms with Crippen molar-refractivity contribution in [2.75, 3.05) is 20.8 Å². The second-order valence-corrected chi connectivity index (χ2v) is 4.03. The van der Waals surface area contributed by atoms with Crippen molar-refractivity contribution < 1.29 is 9.47 Å². The molecule has 16 heavy (non-hydrogen) atoms. The van der Waals surface area contributed by atoms with Crippen LogP contribution < -0.4 is 14.8 Å². The molecular weight excluding hydrogens is 202 g/mol. The first-order valence-corrected chi connectivity index (χ1v) is 5.79. The summed E-state index contributed by atoms with van der Waals surface area (Å²) < 4.78 is 10.8. The zero-order valence-electron chi connectivity index (χ0n) is 10.2. The van der Waals surface area contributed by atoms with Crippen LogP contribution in [-0.4, -0.2) is 20.8 Å². The maximum Gasteiger partial charge on any atom is 0.164 e. The summed E-state index contributed by atoms with van der Waals surface area (Å²) in [4.78, 5) is 0. The highest BCUT2D eigenvalue weighted by Gasteiger charge is 2.23. The summed E-state index contributed by atoms with van der Waals surface area (Å²) in [7, 11) is 3.39. The Morgan fingerprint density at radius 1 is 1.31 bits per heavy atom. The first kappa shape index (κ1) is 11.3. The van der Waals surface area contributed by atoms with E-state index in [1.807, 2.05) is 6.07 Å². The zero-order valence-corrected chi connectivity index (χ0v) is 10.2.